The van der Waals surface area contributed by atoms with Crippen LogP contribution in [0.1, 0.15) is 42.2 Å². The van der Waals surface area contributed by atoms with E-state index in [1.54, 1.807) is 48.5 Å². The molecule has 0 unspecified atom stereocenters. The van der Waals surface area contributed by atoms with Crippen LogP contribution in [0.4, 0.5) is 5.69 Å². The van der Waals surface area contributed by atoms with Crippen molar-refractivity contribution < 1.29 is 14.4 Å². The topological polar surface area (TPSA) is 60.9 Å². The third-order valence-electron chi connectivity index (χ3n) is 6.46. The Morgan fingerprint density at radius 3 is 2.09 bits per heavy atom. The second kappa shape index (κ2) is 8.64. The van der Waals surface area contributed by atoms with E-state index >= 15 is 0 Å². The van der Waals surface area contributed by atoms with Crippen LogP contribution in [0.15, 0.2) is 72.8 Å². The van der Waals surface area contributed by atoms with Crippen molar-refractivity contribution in [3.63, 3.8) is 0 Å². The van der Waals surface area contributed by atoms with Crippen LogP contribution < -0.4 is 4.90 Å². The first-order valence-corrected chi connectivity index (χ1v) is 11.2. The van der Waals surface area contributed by atoms with E-state index in [2.05, 4.69) is 30.0 Å². The Labute approximate surface area is 193 Å². The lowest BCUT2D eigenvalue weighted by atomic mass is 10.1. The van der Waals surface area contributed by atoms with E-state index in [1.165, 1.54) is 11.1 Å². The zero-order valence-electron chi connectivity index (χ0n) is 18.5. The predicted molar refractivity (Wildman–Crippen MR) is 126 cm³/mol. The number of nitrogens with zero attached hydrogens (tertiary/aromatic N) is 3. The number of hydrogen-bond acceptors (Lipinski definition) is 4. The molecule has 1 fully saturated rings. The van der Waals surface area contributed by atoms with Gasteiger partial charge in [-0.15, -0.1) is 0 Å². The number of piperazine rings is 1. The van der Waals surface area contributed by atoms with Crippen LogP contribution in [-0.2, 0) is 6.54 Å². The summed E-state index contributed by atoms with van der Waals surface area (Å²) < 4.78 is 0. The van der Waals surface area contributed by atoms with Gasteiger partial charge in [0, 0.05) is 38.3 Å². The van der Waals surface area contributed by atoms with E-state index in [0.717, 1.165) is 24.5 Å². The number of aryl methyl sites for hydroxylation is 1. The maximum atomic E-state index is 13.2. The highest BCUT2D eigenvalue weighted by Crippen LogP contribution is 2.29. The molecule has 0 saturated carbocycles. The summed E-state index contributed by atoms with van der Waals surface area (Å²) in [6.07, 6.45) is 0. The molecule has 33 heavy (non-hydrogen) atoms. The summed E-state index contributed by atoms with van der Waals surface area (Å²) in [5.74, 6) is -0.793. The van der Waals surface area contributed by atoms with Gasteiger partial charge in [-0.1, -0.05) is 42.5 Å². The molecule has 3 amide bonds. The molecular formula is C27H25N3O3. The minimum absolute atomic E-state index is 0.0796. The summed E-state index contributed by atoms with van der Waals surface area (Å²) in [7, 11) is 0. The second-order valence-corrected chi connectivity index (χ2v) is 8.54. The number of imide groups is 1. The molecule has 6 nitrogen and oxygen atoms in total. The smallest absolute Gasteiger partial charge is 0.266 e. The quantitative estimate of drug-likeness (QED) is 0.581. The second-order valence-electron chi connectivity index (χ2n) is 8.54. The van der Waals surface area contributed by atoms with E-state index < -0.39 is 0 Å². The van der Waals surface area contributed by atoms with Gasteiger partial charge in [-0.3, -0.25) is 19.3 Å². The number of carbonyl (C=O) groups excluding carboxylic acids is 3. The molecule has 3 aromatic rings. The first kappa shape index (κ1) is 21.1. The summed E-state index contributed by atoms with van der Waals surface area (Å²) in [6.45, 7) is 5.89. The van der Waals surface area contributed by atoms with Gasteiger partial charge in [-0.2, -0.15) is 0 Å². The highest BCUT2D eigenvalue weighted by Gasteiger charge is 2.36. The lowest BCUT2D eigenvalue weighted by molar-refractivity contribution is 0.0627. The Bertz CT molecular complexity index is 1210. The van der Waals surface area contributed by atoms with E-state index in [9.17, 15) is 14.4 Å². The summed E-state index contributed by atoms with van der Waals surface area (Å²) in [6, 6.07) is 22.0. The third-order valence-corrected chi connectivity index (χ3v) is 6.46. The predicted octanol–water partition coefficient (Wildman–Crippen LogP) is 3.75. The van der Waals surface area contributed by atoms with Crippen LogP contribution in [0.2, 0.25) is 0 Å². The van der Waals surface area contributed by atoms with Crippen molar-refractivity contribution in [2.75, 3.05) is 31.1 Å². The van der Waals surface area contributed by atoms with Crippen LogP contribution in [0.5, 0.6) is 0 Å². The van der Waals surface area contributed by atoms with Crippen LogP contribution in [0.3, 0.4) is 0 Å². The summed E-state index contributed by atoms with van der Waals surface area (Å²) in [4.78, 5) is 44.2. The molecule has 0 aromatic heterocycles. The standard InChI is InChI=1S/C27H25N3O3/c1-19-7-2-3-8-21(19)18-28-13-15-29(16-14-28)25(31)20-9-6-10-22(17-20)30-26(32)23-11-4-5-12-24(23)27(30)33/h2-12,17H,13-16,18H2,1H3. The van der Waals surface area contributed by atoms with Gasteiger partial charge in [0.1, 0.15) is 0 Å². The van der Waals surface area contributed by atoms with Gasteiger partial charge in [0.2, 0.25) is 0 Å². The fourth-order valence-corrected chi connectivity index (χ4v) is 4.52. The SMILES string of the molecule is Cc1ccccc1CN1CCN(C(=O)c2cccc(N3C(=O)c4ccccc4C3=O)c2)CC1. The molecule has 1 saturated heterocycles. The average molecular weight is 440 g/mol. The van der Waals surface area contributed by atoms with Crippen molar-refractivity contribution in [3.05, 3.63) is 101 Å². The number of hydrogen-bond donors (Lipinski definition) is 0. The number of fused-ring (bicyclic) bond motifs is 1. The number of anilines is 1. The molecule has 2 aliphatic heterocycles. The number of rotatable bonds is 4. The highest BCUT2D eigenvalue weighted by atomic mass is 16.2. The molecule has 3 aromatic carbocycles. The minimum atomic E-state index is -0.356. The molecule has 0 spiro atoms. The zero-order valence-corrected chi connectivity index (χ0v) is 18.5. The Kier molecular flexibility index (Phi) is 5.52. The first-order valence-electron chi connectivity index (χ1n) is 11.2. The molecule has 0 aliphatic carbocycles. The Hall–Kier alpha value is -3.77. The van der Waals surface area contributed by atoms with Gasteiger partial charge in [0.05, 0.1) is 16.8 Å². The van der Waals surface area contributed by atoms with Gasteiger partial charge in [0.25, 0.3) is 17.7 Å². The molecule has 6 heteroatoms. The van der Waals surface area contributed by atoms with Crippen molar-refractivity contribution in [2.24, 2.45) is 0 Å². The Morgan fingerprint density at radius 1 is 0.788 bits per heavy atom. The first-order chi connectivity index (χ1) is 16.0. The number of benzene rings is 3. The third kappa shape index (κ3) is 3.94. The molecule has 0 bridgehead atoms. The molecule has 0 atom stereocenters. The fraction of sp³-hybridized carbons (Fsp3) is 0.222. The van der Waals surface area contributed by atoms with E-state index in [0.29, 0.717) is 35.5 Å². The van der Waals surface area contributed by atoms with Crippen molar-refractivity contribution in [3.8, 4) is 0 Å². The van der Waals surface area contributed by atoms with Gasteiger partial charge >= 0.3 is 0 Å². The summed E-state index contributed by atoms with van der Waals surface area (Å²) in [5, 5.41) is 0. The van der Waals surface area contributed by atoms with Crippen LogP contribution in [0, 0.1) is 6.92 Å². The Morgan fingerprint density at radius 2 is 1.42 bits per heavy atom. The van der Waals surface area contributed by atoms with Crippen LogP contribution in [-0.4, -0.2) is 53.7 Å². The van der Waals surface area contributed by atoms with E-state index in [-0.39, 0.29) is 17.7 Å². The normalized spacial score (nSPS) is 16.3. The highest BCUT2D eigenvalue weighted by molar-refractivity contribution is 6.34. The Balaban J connectivity index is 1.27. The molecule has 0 N–H and O–H groups in total. The monoisotopic (exact) mass is 439 g/mol. The molecular weight excluding hydrogens is 414 g/mol. The lowest BCUT2D eigenvalue weighted by Crippen LogP contribution is -2.48. The number of amides is 3. The molecule has 5 rings (SSSR count). The maximum Gasteiger partial charge on any atom is 0.266 e. The van der Waals surface area contributed by atoms with Gasteiger partial charge < -0.3 is 4.90 Å². The zero-order chi connectivity index (χ0) is 22.9. The van der Waals surface area contributed by atoms with Crippen molar-refractivity contribution in [1.82, 2.24) is 9.80 Å². The largest absolute Gasteiger partial charge is 0.336 e. The van der Waals surface area contributed by atoms with Crippen molar-refractivity contribution in [2.45, 2.75) is 13.5 Å². The summed E-state index contributed by atoms with van der Waals surface area (Å²) >= 11 is 0. The lowest BCUT2D eigenvalue weighted by Gasteiger charge is -2.35. The molecule has 0 radical (unpaired) electrons. The van der Waals surface area contributed by atoms with Gasteiger partial charge in [-0.05, 0) is 48.4 Å². The molecule has 2 aliphatic rings. The van der Waals surface area contributed by atoms with Crippen molar-refractivity contribution >= 4 is 23.4 Å². The van der Waals surface area contributed by atoms with E-state index in [4.69, 9.17) is 0 Å². The van der Waals surface area contributed by atoms with Gasteiger partial charge in [0.15, 0.2) is 0 Å². The minimum Gasteiger partial charge on any atom is -0.336 e. The molecule has 2 heterocycles. The number of carbonyl (C=O) groups is 3. The maximum absolute atomic E-state index is 13.2. The van der Waals surface area contributed by atoms with Crippen LogP contribution >= 0.6 is 0 Å². The van der Waals surface area contributed by atoms with E-state index in [1.807, 2.05) is 11.0 Å². The average Bonchev–Trinajstić information content (AvgIpc) is 3.11. The summed E-state index contributed by atoms with van der Waals surface area (Å²) in [5.41, 5.74) is 4.28. The molecule has 166 valence electrons. The van der Waals surface area contributed by atoms with Crippen LogP contribution in [0.25, 0.3) is 0 Å². The van der Waals surface area contributed by atoms with Crippen molar-refractivity contribution in [1.29, 1.82) is 0 Å². The van der Waals surface area contributed by atoms with Gasteiger partial charge in [-0.25, -0.2) is 4.90 Å². The fourth-order valence-electron chi connectivity index (χ4n) is 4.52.